The summed E-state index contributed by atoms with van der Waals surface area (Å²) in [7, 11) is 0. The largest absolute Gasteiger partial charge is 0.478 e. The molecule has 0 heterocycles. The monoisotopic (exact) mass is 347 g/mol. The van der Waals surface area contributed by atoms with Gasteiger partial charge in [0, 0.05) is 5.02 Å². The molecule has 0 aromatic heterocycles. The first-order valence-electron chi connectivity index (χ1n) is 7.84. The molecule has 3 nitrogen and oxygen atoms in total. The molecule has 1 saturated carbocycles. The van der Waals surface area contributed by atoms with Crippen LogP contribution in [-0.2, 0) is 10.3 Å². The van der Waals surface area contributed by atoms with Crippen LogP contribution in [0.2, 0.25) is 5.02 Å². The minimum atomic E-state index is -1.04. The van der Waals surface area contributed by atoms with Gasteiger partial charge in [0.2, 0.25) is 0 Å². The van der Waals surface area contributed by atoms with Crippen molar-refractivity contribution in [2.75, 3.05) is 0 Å². The Bertz CT molecular complexity index is 737. The van der Waals surface area contributed by atoms with Gasteiger partial charge in [-0.15, -0.1) is 0 Å². The molecule has 1 amide bonds. The second-order valence-corrected chi connectivity index (χ2v) is 7.05. The molecule has 2 aromatic rings. The zero-order valence-electron chi connectivity index (χ0n) is 13.6. The van der Waals surface area contributed by atoms with E-state index in [9.17, 15) is 9.18 Å². The van der Waals surface area contributed by atoms with Gasteiger partial charge < -0.3 is 10.1 Å². The van der Waals surface area contributed by atoms with Gasteiger partial charge in [-0.05, 0) is 68.7 Å². The number of rotatable bonds is 5. The predicted molar refractivity (Wildman–Crippen MR) is 91.6 cm³/mol. The van der Waals surface area contributed by atoms with Gasteiger partial charge in [-0.2, -0.15) is 0 Å². The van der Waals surface area contributed by atoms with Crippen molar-refractivity contribution in [1.29, 1.82) is 0 Å². The van der Waals surface area contributed by atoms with E-state index in [1.165, 1.54) is 12.1 Å². The first kappa shape index (κ1) is 16.8. The SMILES string of the molecule is CC(C)(Oc1ccc(Cl)cc1)C(=O)NC1(c2ccc(F)cc2)CC1. The summed E-state index contributed by atoms with van der Waals surface area (Å²) in [5.74, 6) is 0.0812. The van der Waals surface area contributed by atoms with E-state index < -0.39 is 11.1 Å². The normalized spacial score (nSPS) is 15.7. The summed E-state index contributed by atoms with van der Waals surface area (Å²) in [6, 6.07) is 13.1. The standard InChI is InChI=1S/C19H19ClFNO2/c1-18(2,24-16-9-5-14(20)6-10-16)17(23)22-19(11-12-19)13-3-7-15(21)8-4-13/h3-10H,11-12H2,1-2H3,(H,22,23). The van der Waals surface area contributed by atoms with Crippen LogP contribution in [0.4, 0.5) is 4.39 Å². The van der Waals surface area contributed by atoms with Crippen molar-refractivity contribution in [2.45, 2.75) is 37.8 Å². The fourth-order valence-corrected chi connectivity index (χ4v) is 2.72. The highest BCUT2D eigenvalue weighted by atomic mass is 35.5. The molecule has 3 rings (SSSR count). The smallest absolute Gasteiger partial charge is 0.264 e. The molecular weight excluding hydrogens is 329 g/mol. The maximum atomic E-state index is 13.1. The van der Waals surface area contributed by atoms with Gasteiger partial charge in [-0.3, -0.25) is 4.79 Å². The summed E-state index contributed by atoms with van der Waals surface area (Å²) in [5.41, 5.74) is -0.533. The van der Waals surface area contributed by atoms with Crippen LogP contribution in [0.5, 0.6) is 5.75 Å². The summed E-state index contributed by atoms with van der Waals surface area (Å²) < 4.78 is 18.9. The van der Waals surface area contributed by atoms with Crippen LogP contribution in [0.1, 0.15) is 32.3 Å². The molecule has 0 aliphatic heterocycles. The zero-order chi connectivity index (χ0) is 17.4. The third kappa shape index (κ3) is 3.54. The van der Waals surface area contributed by atoms with Crippen LogP contribution in [0.3, 0.4) is 0 Å². The highest BCUT2D eigenvalue weighted by Gasteiger charge is 2.48. The molecule has 1 aliphatic carbocycles. The Morgan fingerprint density at radius 2 is 1.71 bits per heavy atom. The Morgan fingerprint density at radius 3 is 2.25 bits per heavy atom. The molecule has 0 unspecified atom stereocenters. The van der Waals surface area contributed by atoms with Crippen molar-refractivity contribution >= 4 is 17.5 Å². The number of ether oxygens (including phenoxy) is 1. The summed E-state index contributed by atoms with van der Waals surface area (Å²) in [6.07, 6.45) is 1.67. The molecule has 24 heavy (non-hydrogen) atoms. The minimum absolute atomic E-state index is 0.209. The van der Waals surface area contributed by atoms with Gasteiger partial charge in [0.25, 0.3) is 5.91 Å². The maximum Gasteiger partial charge on any atom is 0.264 e. The Kier molecular flexibility index (Phi) is 4.26. The van der Waals surface area contributed by atoms with Gasteiger partial charge >= 0.3 is 0 Å². The summed E-state index contributed by atoms with van der Waals surface area (Å²) in [5, 5.41) is 3.67. The molecule has 1 N–H and O–H groups in total. The maximum absolute atomic E-state index is 13.1. The molecule has 0 spiro atoms. The second kappa shape index (κ2) is 6.10. The number of hydrogen-bond donors (Lipinski definition) is 1. The first-order chi connectivity index (χ1) is 11.3. The van der Waals surface area contributed by atoms with E-state index in [-0.39, 0.29) is 11.7 Å². The Labute approximate surface area is 145 Å². The van der Waals surface area contributed by atoms with Crippen molar-refractivity contribution in [2.24, 2.45) is 0 Å². The summed E-state index contributed by atoms with van der Waals surface area (Å²) in [4.78, 5) is 12.7. The second-order valence-electron chi connectivity index (χ2n) is 6.61. The number of hydrogen-bond acceptors (Lipinski definition) is 2. The number of halogens is 2. The quantitative estimate of drug-likeness (QED) is 0.868. The van der Waals surface area contributed by atoms with Gasteiger partial charge in [0.15, 0.2) is 5.60 Å². The number of amides is 1. The van der Waals surface area contributed by atoms with Gasteiger partial charge in [0.05, 0.1) is 5.54 Å². The molecular formula is C19H19ClFNO2. The van der Waals surface area contributed by atoms with E-state index in [0.717, 1.165) is 18.4 Å². The average molecular weight is 348 g/mol. The van der Waals surface area contributed by atoms with E-state index >= 15 is 0 Å². The predicted octanol–water partition coefficient (Wildman–Crippen LogP) is 4.44. The van der Waals surface area contributed by atoms with E-state index in [1.54, 1.807) is 50.2 Å². The fourth-order valence-electron chi connectivity index (χ4n) is 2.59. The van der Waals surface area contributed by atoms with Crippen molar-refractivity contribution in [3.05, 3.63) is 64.9 Å². The molecule has 1 fully saturated rings. The summed E-state index contributed by atoms with van der Waals surface area (Å²) >= 11 is 5.86. The molecule has 0 radical (unpaired) electrons. The zero-order valence-corrected chi connectivity index (χ0v) is 14.4. The van der Waals surface area contributed by atoms with Crippen LogP contribution >= 0.6 is 11.6 Å². The van der Waals surface area contributed by atoms with Crippen molar-refractivity contribution in [3.63, 3.8) is 0 Å². The third-order valence-electron chi connectivity index (χ3n) is 4.23. The number of nitrogens with one attached hydrogen (secondary N) is 1. The Balaban J connectivity index is 1.71. The first-order valence-corrected chi connectivity index (χ1v) is 8.22. The fraction of sp³-hybridized carbons (Fsp3) is 0.316. The lowest BCUT2D eigenvalue weighted by Gasteiger charge is -2.28. The molecule has 0 saturated heterocycles. The molecule has 2 aromatic carbocycles. The van der Waals surface area contributed by atoms with Crippen molar-refractivity contribution in [1.82, 2.24) is 5.32 Å². The molecule has 0 bridgehead atoms. The molecule has 0 atom stereocenters. The highest BCUT2D eigenvalue weighted by Crippen LogP contribution is 2.45. The van der Waals surface area contributed by atoms with Crippen LogP contribution in [0.25, 0.3) is 0 Å². The Hall–Kier alpha value is -2.07. The number of carbonyl (C=O) groups excluding carboxylic acids is 1. The molecule has 126 valence electrons. The molecule has 5 heteroatoms. The lowest BCUT2D eigenvalue weighted by atomic mass is 10.0. The Morgan fingerprint density at radius 1 is 1.12 bits per heavy atom. The van der Waals surface area contributed by atoms with Crippen LogP contribution in [0, 0.1) is 5.82 Å². The van der Waals surface area contributed by atoms with Crippen LogP contribution < -0.4 is 10.1 Å². The minimum Gasteiger partial charge on any atom is -0.478 e. The topological polar surface area (TPSA) is 38.3 Å². The van der Waals surface area contributed by atoms with Gasteiger partial charge in [-0.1, -0.05) is 23.7 Å². The van der Waals surface area contributed by atoms with Gasteiger partial charge in [-0.25, -0.2) is 4.39 Å². The molecule has 1 aliphatic rings. The van der Waals surface area contributed by atoms with Crippen LogP contribution in [-0.4, -0.2) is 11.5 Å². The van der Waals surface area contributed by atoms with Gasteiger partial charge in [0.1, 0.15) is 11.6 Å². The van der Waals surface area contributed by atoms with E-state index in [2.05, 4.69) is 5.32 Å². The lowest BCUT2D eigenvalue weighted by molar-refractivity contribution is -0.135. The number of benzene rings is 2. The third-order valence-corrected chi connectivity index (χ3v) is 4.49. The number of carbonyl (C=O) groups is 1. The highest BCUT2D eigenvalue weighted by molar-refractivity contribution is 6.30. The summed E-state index contributed by atoms with van der Waals surface area (Å²) in [6.45, 7) is 3.44. The van der Waals surface area contributed by atoms with Crippen molar-refractivity contribution < 1.29 is 13.9 Å². The van der Waals surface area contributed by atoms with E-state index in [4.69, 9.17) is 16.3 Å². The van der Waals surface area contributed by atoms with E-state index in [0.29, 0.717) is 10.8 Å². The van der Waals surface area contributed by atoms with Crippen molar-refractivity contribution in [3.8, 4) is 5.75 Å². The average Bonchev–Trinajstić information content (AvgIpc) is 3.31. The lowest BCUT2D eigenvalue weighted by Crippen LogP contribution is -2.50. The van der Waals surface area contributed by atoms with Crippen LogP contribution in [0.15, 0.2) is 48.5 Å². The van der Waals surface area contributed by atoms with E-state index in [1.807, 2.05) is 0 Å².